The summed E-state index contributed by atoms with van der Waals surface area (Å²) in [5.74, 6) is 0.0891. The van der Waals surface area contributed by atoms with Crippen LogP contribution in [0.15, 0.2) is 18.2 Å². The van der Waals surface area contributed by atoms with Gasteiger partial charge in [0.1, 0.15) is 5.75 Å². The summed E-state index contributed by atoms with van der Waals surface area (Å²) in [4.78, 5) is 11.8. The van der Waals surface area contributed by atoms with Crippen LogP contribution in [0.4, 0.5) is 5.69 Å². The maximum atomic E-state index is 11.8. The number of alkyl halides is 1. The van der Waals surface area contributed by atoms with Gasteiger partial charge in [0.25, 0.3) is 0 Å². The van der Waals surface area contributed by atoms with E-state index in [1.807, 2.05) is 13.0 Å². The van der Waals surface area contributed by atoms with E-state index >= 15 is 0 Å². The maximum absolute atomic E-state index is 11.8. The molecular formula is C12H16ClNO2. The number of hydrogen-bond acceptors (Lipinski definition) is 2. The molecule has 0 heterocycles. The normalized spacial score (nSPS) is 11.2. The van der Waals surface area contributed by atoms with Crippen molar-refractivity contribution in [2.45, 2.75) is 20.8 Å². The smallest absolute Gasteiger partial charge is 0.231 e. The molecule has 0 saturated carbocycles. The van der Waals surface area contributed by atoms with Gasteiger partial charge < -0.3 is 10.4 Å². The molecule has 1 rings (SSSR count). The fourth-order valence-electron chi connectivity index (χ4n) is 1.10. The van der Waals surface area contributed by atoms with Crippen LogP contribution in [0, 0.1) is 12.3 Å². The molecule has 0 spiro atoms. The Balaban J connectivity index is 2.85. The number of phenolic OH excluding ortho intramolecular Hbond substituents is 1. The van der Waals surface area contributed by atoms with Crippen molar-refractivity contribution in [2.24, 2.45) is 5.41 Å². The molecule has 0 atom stereocenters. The second-order valence-electron chi connectivity index (χ2n) is 4.49. The number of amides is 1. The van der Waals surface area contributed by atoms with E-state index in [1.54, 1.807) is 26.0 Å². The monoisotopic (exact) mass is 241 g/mol. The van der Waals surface area contributed by atoms with E-state index in [-0.39, 0.29) is 17.5 Å². The first kappa shape index (κ1) is 12.8. The summed E-state index contributed by atoms with van der Waals surface area (Å²) in [7, 11) is 0. The number of aromatic hydroxyl groups is 1. The Morgan fingerprint density at radius 1 is 1.50 bits per heavy atom. The van der Waals surface area contributed by atoms with E-state index in [4.69, 9.17) is 11.6 Å². The van der Waals surface area contributed by atoms with Gasteiger partial charge in [0.15, 0.2) is 0 Å². The average Bonchev–Trinajstić information content (AvgIpc) is 2.22. The van der Waals surface area contributed by atoms with Crippen molar-refractivity contribution < 1.29 is 9.90 Å². The average molecular weight is 242 g/mol. The summed E-state index contributed by atoms with van der Waals surface area (Å²) in [5, 5.41) is 12.3. The molecule has 3 nitrogen and oxygen atoms in total. The molecule has 4 heteroatoms. The maximum Gasteiger partial charge on any atom is 0.231 e. The van der Waals surface area contributed by atoms with Crippen molar-refractivity contribution >= 4 is 23.2 Å². The first-order valence-corrected chi connectivity index (χ1v) is 5.57. The van der Waals surface area contributed by atoms with Crippen LogP contribution in [0.3, 0.4) is 0 Å². The number of halogens is 1. The standard InChI is InChI=1S/C12H16ClNO2/c1-8-4-5-9(10(15)6-8)14-11(16)12(2,3)7-13/h4-6,15H,7H2,1-3H3,(H,14,16). The van der Waals surface area contributed by atoms with Gasteiger partial charge in [-0.25, -0.2) is 0 Å². The Morgan fingerprint density at radius 3 is 2.62 bits per heavy atom. The first-order valence-electron chi connectivity index (χ1n) is 5.04. The Kier molecular flexibility index (Phi) is 3.81. The van der Waals surface area contributed by atoms with Gasteiger partial charge >= 0.3 is 0 Å². The predicted octanol–water partition coefficient (Wildman–Crippen LogP) is 2.90. The van der Waals surface area contributed by atoms with Gasteiger partial charge in [-0.15, -0.1) is 11.6 Å². The first-order chi connectivity index (χ1) is 7.36. The van der Waals surface area contributed by atoms with Crippen molar-refractivity contribution in [2.75, 3.05) is 11.2 Å². The van der Waals surface area contributed by atoms with Crippen LogP contribution < -0.4 is 5.32 Å². The fraction of sp³-hybridized carbons (Fsp3) is 0.417. The summed E-state index contributed by atoms with van der Waals surface area (Å²) in [6.07, 6.45) is 0. The van der Waals surface area contributed by atoms with Crippen molar-refractivity contribution in [1.29, 1.82) is 0 Å². The number of carbonyl (C=O) groups excluding carboxylic acids is 1. The Bertz CT molecular complexity index is 402. The number of hydrogen-bond donors (Lipinski definition) is 2. The molecule has 1 aromatic carbocycles. The lowest BCUT2D eigenvalue weighted by atomic mass is 9.95. The quantitative estimate of drug-likeness (QED) is 0.632. The molecule has 0 aliphatic rings. The fourth-order valence-corrected chi connectivity index (χ4v) is 1.22. The second-order valence-corrected chi connectivity index (χ2v) is 4.76. The molecule has 0 unspecified atom stereocenters. The Hall–Kier alpha value is -1.22. The number of phenols is 1. The van der Waals surface area contributed by atoms with E-state index in [9.17, 15) is 9.90 Å². The zero-order valence-corrected chi connectivity index (χ0v) is 10.4. The largest absolute Gasteiger partial charge is 0.506 e. The summed E-state index contributed by atoms with van der Waals surface area (Å²) in [6.45, 7) is 5.37. The van der Waals surface area contributed by atoms with Crippen molar-refractivity contribution in [3.63, 3.8) is 0 Å². The van der Waals surface area contributed by atoms with Crippen molar-refractivity contribution in [1.82, 2.24) is 0 Å². The summed E-state index contributed by atoms with van der Waals surface area (Å²) in [5.41, 5.74) is 0.694. The highest BCUT2D eigenvalue weighted by Crippen LogP contribution is 2.26. The molecule has 0 saturated heterocycles. The lowest BCUT2D eigenvalue weighted by molar-refractivity contribution is -0.122. The van der Waals surface area contributed by atoms with E-state index in [0.29, 0.717) is 5.69 Å². The molecule has 2 N–H and O–H groups in total. The van der Waals surface area contributed by atoms with Gasteiger partial charge in [0.2, 0.25) is 5.91 Å². The topological polar surface area (TPSA) is 49.3 Å². The molecular weight excluding hydrogens is 226 g/mol. The number of rotatable bonds is 3. The third-order valence-corrected chi connectivity index (χ3v) is 3.02. The van der Waals surface area contributed by atoms with Crippen molar-refractivity contribution in [3.8, 4) is 5.75 Å². The molecule has 0 aliphatic carbocycles. The Morgan fingerprint density at radius 2 is 2.12 bits per heavy atom. The minimum absolute atomic E-state index is 0.0683. The second kappa shape index (κ2) is 4.74. The molecule has 0 radical (unpaired) electrons. The highest BCUT2D eigenvalue weighted by atomic mass is 35.5. The molecule has 0 fully saturated rings. The number of nitrogens with one attached hydrogen (secondary N) is 1. The number of carbonyl (C=O) groups is 1. The van der Waals surface area contributed by atoms with Crippen LogP contribution in [0.1, 0.15) is 19.4 Å². The zero-order valence-electron chi connectivity index (χ0n) is 9.67. The SMILES string of the molecule is Cc1ccc(NC(=O)C(C)(C)CCl)c(O)c1. The summed E-state index contributed by atoms with van der Waals surface area (Å²) in [6, 6.07) is 5.10. The molecule has 1 amide bonds. The lowest BCUT2D eigenvalue weighted by Gasteiger charge is -2.20. The lowest BCUT2D eigenvalue weighted by Crippen LogP contribution is -2.32. The van der Waals surface area contributed by atoms with Crippen LogP contribution in [0.5, 0.6) is 5.75 Å². The van der Waals surface area contributed by atoms with E-state index in [1.165, 1.54) is 0 Å². The van der Waals surface area contributed by atoms with Crippen LogP contribution in [0.2, 0.25) is 0 Å². The minimum atomic E-state index is -0.654. The molecule has 0 aliphatic heterocycles. The van der Waals surface area contributed by atoms with Gasteiger partial charge in [-0.3, -0.25) is 4.79 Å². The van der Waals surface area contributed by atoms with Gasteiger partial charge in [0.05, 0.1) is 11.1 Å². The van der Waals surface area contributed by atoms with E-state index in [2.05, 4.69) is 5.32 Å². The van der Waals surface area contributed by atoms with Crippen LogP contribution >= 0.6 is 11.6 Å². The van der Waals surface area contributed by atoms with Crippen LogP contribution in [-0.2, 0) is 4.79 Å². The van der Waals surface area contributed by atoms with Crippen LogP contribution in [0.25, 0.3) is 0 Å². The Labute approximate surface area is 100 Å². The molecule has 88 valence electrons. The van der Waals surface area contributed by atoms with Gasteiger partial charge in [-0.1, -0.05) is 6.07 Å². The molecule has 1 aromatic rings. The van der Waals surface area contributed by atoms with E-state index < -0.39 is 5.41 Å². The summed E-state index contributed by atoms with van der Waals surface area (Å²) >= 11 is 5.70. The predicted molar refractivity (Wildman–Crippen MR) is 66.0 cm³/mol. The van der Waals surface area contributed by atoms with Crippen molar-refractivity contribution in [3.05, 3.63) is 23.8 Å². The number of anilines is 1. The molecule has 0 aromatic heterocycles. The third kappa shape index (κ3) is 2.89. The van der Waals surface area contributed by atoms with Crippen LogP contribution in [-0.4, -0.2) is 16.9 Å². The zero-order chi connectivity index (χ0) is 12.3. The minimum Gasteiger partial charge on any atom is -0.506 e. The van der Waals surface area contributed by atoms with Gasteiger partial charge in [-0.05, 0) is 38.5 Å². The molecule has 0 bridgehead atoms. The molecule has 16 heavy (non-hydrogen) atoms. The summed E-state index contributed by atoms with van der Waals surface area (Å²) < 4.78 is 0. The highest BCUT2D eigenvalue weighted by Gasteiger charge is 2.26. The van der Waals surface area contributed by atoms with E-state index in [0.717, 1.165) is 5.56 Å². The van der Waals surface area contributed by atoms with Gasteiger partial charge in [0, 0.05) is 5.88 Å². The number of benzene rings is 1. The highest BCUT2D eigenvalue weighted by molar-refractivity contribution is 6.20. The number of aryl methyl sites for hydroxylation is 1. The van der Waals surface area contributed by atoms with Gasteiger partial charge in [-0.2, -0.15) is 0 Å². The third-order valence-electron chi connectivity index (χ3n) is 2.35.